The summed E-state index contributed by atoms with van der Waals surface area (Å²) in [6, 6.07) is 15.2. The Morgan fingerprint density at radius 2 is 1.14 bits per heavy atom. The van der Waals surface area contributed by atoms with Crippen molar-refractivity contribution in [3.05, 3.63) is 108 Å². The molecule has 3 aromatic rings. The van der Waals surface area contributed by atoms with Gasteiger partial charge in [0.2, 0.25) is 53.2 Å². The smallest absolute Gasteiger partial charge is 0.246 e. The molecule has 0 radical (unpaired) electrons. The summed E-state index contributed by atoms with van der Waals surface area (Å²) in [5.41, 5.74) is 1.93. The molecule has 25 heteroatoms. The van der Waals surface area contributed by atoms with Crippen molar-refractivity contribution >= 4 is 64.7 Å². The summed E-state index contributed by atoms with van der Waals surface area (Å²) in [6.07, 6.45) is -3.63. The first-order valence-electron chi connectivity index (χ1n) is 36.3. The Kier molecular flexibility index (Phi) is 33.4. The first kappa shape index (κ1) is 84.7. The minimum atomic E-state index is -1.72. The van der Waals surface area contributed by atoms with E-state index in [1.807, 2.05) is 27.7 Å². The van der Waals surface area contributed by atoms with E-state index >= 15 is 14.4 Å². The fraction of sp³-hybridized carbons (Fsp3) is 0.623. The number of likely N-dealkylation sites (N-methyl/N-ethyl adjacent to an activating group) is 5. The number of hydrogen-bond acceptors (Lipinski definition) is 16. The molecule has 0 bridgehead atoms. The molecule has 14 atom stereocenters. The zero-order valence-corrected chi connectivity index (χ0v) is 63.0. The molecule has 8 N–H and O–H groups in total. The van der Waals surface area contributed by atoms with Crippen LogP contribution in [0.25, 0.3) is 0 Å². The summed E-state index contributed by atoms with van der Waals surface area (Å²) in [6.45, 7) is 19.3. The van der Waals surface area contributed by atoms with Gasteiger partial charge >= 0.3 is 0 Å². The molecular formula is C77H117N11O14. The van der Waals surface area contributed by atoms with Gasteiger partial charge in [-0.05, 0) is 99.8 Å². The third-order valence-corrected chi connectivity index (χ3v) is 19.8. The molecule has 2 aliphatic rings. The van der Waals surface area contributed by atoms with Crippen LogP contribution >= 0.6 is 0 Å². The number of amides is 9. The lowest BCUT2D eigenvalue weighted by Gasteiger charge is -2.41. The van der Waals surface area contributed by atoms with Crippen LogP contribution in [0.1, 0.15) is 144 Å². The molecule has 2 unspecified atom stereocenters. The molecule has 2 saturated heterocycles. The van der Waals surface area contributed by atoms with Crippen molar-refractivity contribution in [2.24, 2.45) is 35.5 Å². The number of benzene rings is 3. The summed E-state index contributed by atoms with van der Waals surface area (Å²) in [7, 11) is 7.18. The second-order valence-corrected chi connectivity index (χ2v) is 29.8. The molecule has 5 rings (SSSR count). The molecule has 102 heavy (non-hydrogen) atoms. The maximum Gasteiger partial charge on any atom is 0.246 e. The first-order valence-corrected chi connectivity index (χ1v) is 36.3. The first-order chi connectivity index (χ1) is 48.0. The fourth-order valence-corrected chi connectivity index (χ4v) is 13.7. The molecule has 2 heterocycles. The van der Waals surface area contributed by atoms with Crippen molar-refractivity contribution in [1.82, 2.24) is 56.0 Å². The summed E-state index contributed by atoms with van der Waals surface area (Å²) in [5.74, 6) is -11.2. The molecule has 2 aliphatic heterocycles. The molecule has 2 fully saturated rings. The molecule has 0 saturated carbocycles. The van der Waals surface area contributed by atoms with Crippen LogP contribution in [0.2, 0.25) is 0 Å². The van der Waals surface area contributed by atoms with Crippen molar-refractivity contribution < 1.29 is 68.1 Å². The van der Waals surface area contributed by atoms with Gasteiger partial charge in [0.25, 0.3) is 0 Å². The highest BCUT2D eigenvalue weighted by molar-refractivity contribution is 5.99. The van der Waals surface area contributed by atoms with E-state index < -0.39 is 181 Å². The molecule has 0 aliphatic carbocycles. The van der Waals surface area contributed by atoms with E-state index in [1.54, 1.807) is 138 Å². The number of aliphatic hydroxyl groups excluding tert-OH is 3. The fourth-order valence-electron chi connectivity index (χ4n) is 13.7. The molecule has 0 aromatic heterocycles. The zero-order valence-electron chi connectivity index (χ0n) is 63.0. The van der Waals surface area contributed by atoms with Crippen LogP contribution in [0.5, 0.6) is 0 Å². The van der Waals surface area contributed by atoms with Crippen LogP contribution in [0.3, 0.4) is 0 Å². The van der Waals surface area contributed by atoms with Crippen LogP contribution in [-0.2, 0) is 72.0 Å². The van der Waals surface area contributed by atoms with E-state index in [2.05, 4.69) is 26.6 Å². The number of likely N-dealkylation sites (tertiary alicyclic amines) is 1. The van der Waals surface area contributed by atoms with Crippen molar-refractivity contribution in [2.75, 3.05) is 54.9 Å². The van der Waals surface area contributed by atoms with Gasteiger partial charge in [0.05, 0.1) is 30.8 Å². The summed E-state index contributed by atoms with van der Waals surface area (Å²) in [4.78, 5) is 171. The van der Waals surface area contributed by atoms with Crippen molar-refractivity contribution in [2.45, 2.75) is 220 Å². The highest BCUT2D eigenvalue weighted by Gasteiger charge is 2.44. The molecule has 564 valence electrons. The Hall–Kier alpha value is -7.97. The average Bonchev–Trinajstić information content (AvgIpc) is 0.827. The van der Waals surface area contributed by atoms with Crippen molar-refractivity contribution in [1.29, 1.82) is 0 Å². The van der Waals surface area contributed by atoms with Crippen LogP contribution in [-0.4, -0.2) is 237 Å². The van der Waals surface area contributed by atoms with Crippen molar-refractivity contribution in [3.63, 3.8) is 0 Å². The monoisotopic (exact) mass is 1420 g/mol. The highest BCUT2D eigenvalue weighted by atomic mass is 16.3. The molecule has 3 aromatic carbocycles. The summed E-state index contributed by atoms with van der Waals surface area (Å²) < 4.78 is 0. The van der Waals surface area contributed by atoms with Gasteiger partial charge in [-0.3, -0.25) is 63.0 Å². The van der Waals surface area contributed by atoms with Crippen LogP contribution in [0.4, 0.5) is 0 Å². The minimum absolute atomic E-state index is 0.0474. The van der Waals surface area contributed by atoms with Gasteiger partial charge < -0.3 is 61.1 Å². The van der Waals surface area contributed by atoms with Gasteiger partial charge in [-0.2, -0.15) is 0 Å². The van der Waals surface area contributed by atoms with E-state index in [-0.39, 0.29) is 49.8 Å². The SMILES string of the molecule is CC(C)C[C@H]1C(O)N[C@@H]([C@@H](C)O)C(=O)N(C)[C@@H](Cc2ccccc2)C(=O)NCC(=O)N(C)[C@@H](CC(C)C)C(O)N(C)[C@@H](C(C)C)C(=O)C[C@@H](Cc2ccccc2)C(=O)N[C@H](C(=O)N(C)[C@@H](Cc2ccccc2)C(=O)N[C@@H](C)C(=O)N2CCCCC2)CC(=O)C[C@H](C)C(=O)N[C@@H](C(C)C)C(=O)N1C. The van der Waals surface area contributed by atoms with Crippen molar-refractivity contribution in [3.8, 4) is 0 Å². The minimum Gasteiger partial charge on any atom is -0.391 e. The number of Topliss-reactive ketones (excluding diaryl/α,β-unsaturated/α-hetero) is 2. The van der Waals surface area contributed by atoms with Gasteiger partial charge in [0, 0.05) is 85.2 Å². The number of hydrogen-bond donors (Lipinski definition) is 8. The number of nitrogens with zero attached hydrogens (tertiary/aromatic N) is 6. The normalized spacial score (nSPS) is 25.7. The lowest BCUT2D eigenvalue weighted by molar-refractivity contribution is -0.147. The predicted octanol–water partition coefficient (Wildman–Crippen LogP) is 3.88. The number of carbonyl (C=O) groups excluding carboxylic acids is 11. The number of aliphatic hydroxyl groups is 3. The van der Waals surface area contributed by atoms with E-state index in [9.17, 15) is 53.7 Å². The van der Waals surface area contributed by atoms with E-state index in [4.69, 9.17) is 0 Å². The van der Waals surface area contributed by atoms with E-state index in [0.29, 0.717) is 29.8 Å². The Labute approximate surface area is 604 Å². The standard InChI is InChI=1S/C77H117N11O14/c1-46(2)37-59-72(97)82-66(52(11)89)77(102)86(15)60(41-54-31-23-18-24-32-54)70(95)78-45-64(92)83(12)62(38-47(3)4)75(100)87(16)67(49(7)8)63(91)43-56(40-53-29-21-17-22-30-53)69(94)80-58(44-57(90)39-50(9)68(93)81-65(48(5)6)76(101)85(59)14)74(99)84(13)61(42-55-33-25-19-26-34-55)71(96)79-51(10)73(98)88-35-27-20-28-36-88/h17-19,21-26,29-34,46-52,56,58-62,65-67,72,75,82,89,97,100H,20,27-28,35-45H2,1-16H3,(H,78,95)(H,79,96)(H,80,94)(H,81,93)/t50-,51-,52+,56+,58-,59-,60-,61-,62-,65-,66-,67-,72?,75?/m0/s1. The third-order valence-electron chi connectivity index (χ3n) is 19.8. The summed E-state index contributed by atoms with van der Waals surface area (Å²) in [5, 5.41) is 50.2. The molecule has 9 amide bonds. The van der Waals surface area contributed by atoms with Gasteiger partial charge in [0.1, 0.15) is 54.5 Å². The van der Waals surface area contributed by atoms with Crippen LogP contribution in [0.15, 0.2) is 91.0 Å². The number of piperidine rings is 1. The lowest BCUT2D eigenvalue weighted by atomic mass is 9.87. The Bertz CT molecular complexity index is 3260. The topological polar surface area (TPSA) is 328 Å². The van der Waals surface area contributed by atoms with Gasteiger partial charge in [-0.25, -0.2) is 0 Å². The molecule has 25 nitrogen and oxygen atoms in total. The highest BCUT2D eigenvalue weighted by Crippen LogP contribution is 2.27. The Morgan fingerprint density at radius 3 is 1.67 bits per heavy atom. The zero-order chi connectivity index (χ0) is 76.0. The predicted molar refractivity (Wildman–Crippen MR) is 389 cm³/mol. The second-order valence-electron chi connectivity index (χ2n) is 29.8. The quantitative estimate of drug-likeness (QED) is 0.0896. The average molecular weight is 1420 g/mol. The summed E-state index contributed by atoms with van der Waals surface area (Å²) >= 11 is 0. The maximum atomic E-state index is 15.6. The van der Waals surface area contributed by atoms with Crippen LogP contribution in [0, 0.1) is 35.5 Å². The second kappa shape index (κ2) is 40.2. The number of nitrogens with one attached hydrogen (secondary N) is 5. The van der Waals surface area contributed by atoms with Gasteiger partial charge in [-0.15, -0.1) is 0 Å². The maximum absolute atomic E-state index is 15.6. The number of rotatable bonds is 18. The Morgan fingerprint density at radius 1 is 0.608 bits per heavy atom. The van der Waals surface area contributed by atoms with E-state index in [1.165, 1.54) is 56.7 Å². The molecular weight excluding hydrogens is 1300 g/mol. The van der Waals surface area contributed by atoms with Crippen LogP contribution < -0.4 is 26.6 Å². The third kappa shape index (κ3) is 24.3. The van der Waals surface area contributed by atoms with Gasteiger partial charge in [0.15, 0.2) is 5.78 Å². The van der Waals surface area contributed by atoms with E-state index in [0.717, 1.165) is 29.1 Å². The Balaban J connectivity index is 1.66. The molecule has 0 spiro atoms. The largest absolute Gasteiger partial charge is 0.391 e. The van der Waals surface area contributed by atoms with Gasteiger partial charge in [-0.1, -0.05) is 153 Å². The lowest BCUT2D eigenvalue weighted by Crippen LogP contribution is -2.63. The number of carbonyl (C=O) groups is 11. The number of ketones is 2.